The molecule has 2 fully saturated rings. The van der Waals surface area contributed by atoms with E-state index in [2.05, 4.69) is 4.98 Å². The molecule has 0 atom stereocenters. The minimum Gasteiger partial charge on any atom is -0.488 e. The average Bonchev–Trinajstić information content (AvgIpc) is 3.30. The number of rotatable bonds is 5. The van der Waals surface area contributed by atoms with Crippen LogP contribution < -0.4 is 9.72 Å². The lowest BCUT2D eigenvalue weighted by molar-refractivity contribution is -0.391. The van der Waals surface area contributed by atoms with Gasteiger partial charge in [-0.05, 0) is 50.7 Å². The Morgan fingerprint density at radius 1 is 1.03 bits per heavy atom. The van der Waals surface area contributed by atoms with Crippen molar-refractivity contribution in [3.05, 3.63) is 45.2 Å². The Hall–Kier alpha value is -2.88. The molecule has 0 unspecified atom stereocenters. The summed E-state index contributed by atoms with van der Waals surface area (Å²) in [7, 11) is 0. The zero-order valence-corrected chi connectivity index (χ0v) is 20.9. The number of aromatic amines is 1. The Morgan fingerprint density at radius 2 is 1.63 bits per heavy atom. The SMILES string of the molecule is N#Cc1ccc(OCc2sc(C3CCC(C(F)(F)F)CC3)[nH+]c2C(=O)N2CCC(C(F)(F)F)CC2)cc1F. The summed E-state index contributed by atoms with van der Waals surface area (Å²) in [6, 6.07) is 5.36. The van der Waals surface area contributed by atoms with Gasteiger partial charge in [-0.2, -0.15) is 36.6 Å². The summed E-state index contributed by atoms with van der Waals surface area (Å²) in [5.41, 5.74) is -0.0563. The summed E-state index contributed by atoms with van der Waals surface area (Å²) in [4.78, 5) is 18.1. The number of carbonyl (C=O) groups excluding carboxylic acids is 1. The van der Waals surface area contributed by atoms with E-state index >= 15 is 0 Å². The molecule has 13 heteroatoms. The van der Waals surface area contributed by atoms with Gasteiger partial charge >= 0.3 is 18.3 Å². The summed E-state index contributed by atoms with van der Waals surface area (Å²) in [6.07, 6.45) is -8.56. The lowest BCUT2D eigenvalue weighted by Crippen LogP contribution is -2.43. The van der Waals surface area contributed by atoms with E-state index in [4.69, 9.17) is 10.00 Å². The Bertz CT molecular complexity index is 1190. The van der Waals surface area contributed by atoms with Crippen LogP contribution in [0.2, 0.25) is 0 Å². The van der Waals surface area contributed by atoms with E-state index in [9.17, 15) is 35.5 Å². The minimum absolute atomic E-state index is 0.0372. The van der Waals surface area contributed by atoms with E-state index < -0.39 is 35.9 Å². The van der Waals surface area contributed by atoms with Crippen LogP contribution in [-0.4, -0.2) is 36.2 Å². The first-order chi connectivity index (χ1) is 17.9. The van der Waals surface area contributed by atoms with Crippen LogP contribution in [0, 0.1) is 29.0 Å². The summed E-state index contributed by atoms with van der Waals surface area (Å²) in [5, 5.41) is 9.49. The highest BCUT2D eigenvalue weighted by Crippen LogP contribution is 2.43. The summed E-state index contributed by atoms with van der Waals surface area (Å²) < 4.78 is 98.1. The number of likely N-dealkylation sites (tertiary alicyclic amines) is 1. The Balaban J connectivity index is 1.53. The molecule has 0 spiro atoms. The molecule has 1 amide bonds. The van der Waals surface area contributed by atoms with Gasteiger partial charge in [-0.3, -0.25) is 4.79 Å². The maximum Gasteiger partial charge on any atom is 0.391 e. The lowest BCUT2D eigenvalue weighted by atomic mass is 9.82. The molecule has 1 aromatic heterocycles. The van der Waals surface area contributed by atoms with Crippen LogP contribution in [0.25, 0.3) is 0 Å². The van der Waals surface area contributed by atoms with Crippen LogP contribution in [0.1, 0.15) is 70.4 Å². The smallest absolute Gasteiger partial charge is 0.391 e. The Labute approximate surface area is 218 Å². The molecule has 0 radical (unpaired) electrons. The van der Waals surface area contributed by atoms with Gasteiger partial charge in [0.15, 0.2) is 0 Å². The highest BCUT2D eigenvalue weighted by atomic mass is 32.1. The molecule has 38 heavy (non-hydrogen) atoms. The summed E-state index contributed by atoms with van der Waals surface area (Å²) in [6.45, 7) is -0.343. The average molecular weight is 565 g/mol. The van der Waals surface area contributed by atoms with Crippen LogP contribution in [0.3, 0.4) is 0 Å². The van der Waals surface area contributed by atoms with Gasteiger partial charge in [0.2, 0.25) is 5.01 Å². The molecule has 1 aliphatic heterocycles. The first kappa shape index (κ1) is 28.1. The van der Waals surface area contributed by atoms with E-state index in [0.29, 0.717) is 9.88 Å². The van der Waals surface area contributed by atoms with Crippen molar-refractivity contribution in [1.82, 2.24) is 4.90 Å². The zero-order valence-electron chi connectivity index (χ0n) is 20.1. The number of hydrogen-bond donors (Lipinski definition) is 0. The number of halogens is 7. The first-order valence-corrected chi connectivity index (χ1v) is 13.0. The summed E-state index contributed by atoms with van der Waals surface area (Å²) >= 11 is 1.17. The topological polar surface area (TPSA) is 67.5 Å². The quantitative estimate of drug-likeness (QED) is 0.395. The normalized spacial score (nSPS) is 21.3. The van der Waals surface area contributed by atoms with Gasteiger partial charge in [0, 0.05) is 19.2 Å². The molecule has 2 heterocycles. The Kier molecular flexibility index (Phi) is 8.20. The second-order valence-corrected chi connectivity index (χ2v) is 10.8. The number of H-pyrrole nitrogens is 1. The van der Waals surface area contributed by atoms with Crippen LogP contribution >= 0.6 is 11.3 Å². The molecule has 206 valence electrons. The monoisotopic (exact) mass is 564 g/mol. The molecule has 1 aliphatic carbocycles. The Morgan fingerprint density at radius 3 is 2.18 bits per heavy atom. The minimum atomic E-state index is -4.33. The van der Waals surface area contributed by atoms with E-state index in [1.807, 2.05) is 0 Å². The molecule has 1 aromatic carbocycles. The van der Waals surface area contributed by atoms with Crippen molar-refractivity contribution in [3.8, 4) is 11.8 Å². The van der Waals surface area contributed by atoms with Crippen molar-refractivity contribution in [2.45, 2.75) is 63.4 Å². The number of nitrogens with zero attached hydrogens (tertiary/aromatic N) is 2. The molecule has 1 saturated heterocycles. The van der Waals surface area contributed by atoms with E-state index in [-0.39, 0.29) is 81.1 Å². The molecule has 2 aromatic rings. The zero-order chi connectivity index (χ0) is 27.7. The molecule has 0 bridgehead atoms. The number of nitriles is 1. The van der Waals surface area contributed by atoms with Crippen LogP contribution in [0.5, 0.6) is 5.75 Å². The number of nitrogens with one attached hydrogen (secondary N) is 1. The third-order valence-electron chi connectivity index (χ3n) is 7.21. The van der Waals surface area contributed by atoms with Gasteiger partial charge in [-0.15, -0.1) is 0 Å². The van der Waals surface area contributed by atoms with Gasteiger partial charge < -0.3 is 9.64 Å². The number of thiazole rings is 1. The van der Waals surface area contributed by atoms with Crippen LogP contribution in [-0.2, 0) is 6.61 Å². The second-order valence-electron chi connectivity index (χ2n) is 9.63. The number of piperidine rings is 1. The fourth-order valence-corrected chi connectivity index (χ4v) is 6.12. The van der Waals surface area contributed by atoms with Gasteiger partial charge in [-0.1, -0.05) is 11.3 Å². The maximum absolute atomic E-state index is 14.0. The number of hydrogen-bond acceptors (Lipinski definition) is 4. The van der Waals surface area contributed by atoms with E-state index in [0.717, 1.165) is 6.07 Å². The van der Waals surface area contributed by atoms with E-state index in [1.54, 1.807) is 6.07 Å². The highest BCUT2D eigenvalue weighted by Gasteiger charge is 2.45. The molecule has 5 nitrogen and oxygen atoms in total. The summed E-state index contributed by atoms with van der Waals surface area (Å²) in [5.74, 6) is -4.28. The highest BCUT2D eigenvalue weighted by molar-refractivity contribution is 7.11. The van der Waals surface area contributed by atoms with Crippen molar-refractivity contribution < 1.29 is 45.2 Å². The van der Waals surface area contributed by atoms with Crippen molar-refractivity contribution in [1.29, 1.82) is 5.26 Å². The number of carbonyl (C=O) groups is 1. The molecule has 2 aliphatic rings. The van der Waals surface area contributed by atoms with Crippen molar-refractivity contribution in [2.75, 3.05) is 13.1 Å². The van der Waals surface area contributed by atoms with Gasteiger partial charge in [0.05, 0.1) is 23.3 Å². The van der Waals surface area contributed by atoms with Crippen LogP contribution in [0.4, 0.5) is 30.7 Å². The van der Waals surface area contributed by atoms with Gasteiger partial charge in [0.25, 0.3) is 5.69 Å². The fraction of sp³-hybridized carbons (Fsp3) is 0.560. The fourth-order valence-electron chi connectivity index (χ4n) is 4.94. The third kappa shape index (κ3) is 6.39. The molecule has 1 N–H and O–H groups in total. The predicted molar refractivity (Wildman–Crippen MR) is 122 cm³/mol. The number of benzene rings is 1. The standard InChI is InChI=1S/C25H24F7N3O2S/c26-19-11-18(6-3-15(19)12-33)37-13-20-21(23(36)35-9-7-17(8-10-35)25(30,31)32)34-22(38-20)14-1-4-16(5-2-14)24(27,28)29/h3,6,11,14,16-17H,1-2,4-5,7-10,13H2/p+1. The van der Waals surface area contributed by atoms with Crippen LogP contribution in [0.15, 0.2) is 18.2 Å². The number of amides is 1. The number of aromatic nitrogens is 1. The number of ether oxygens (including phenoxy) is 1. The van der Waals surface area contributed by atoms with Gasteiger partial charge in [0.1, 0.15) is 29.1 Å². The van der Waals surface area contributed by atoms with Crippen molar-refractivity contribution in [2.24, 2.45) is 11.8 Å². The second kappa shape index (κ2) is 11.1. The van der Waals surface area contributed by atoms with E-state index in [1.165, 1.54) is 28.4 Å². The number of alkyl halides is 6. The molecular formula is C25H25F7N3O2S+. The maximum atomic E-state index is 14.0. The van der Waals surface area contributed by atoms with Crippen molar-refractivity contribution in [3.63, 3.8) is 0 Å². The first-order valence-electron chi connectivity index (χ1n) is 12.2. The predicted octanol–water partition coefficient (Wildman–Crippen LogP) is 6.40. The van der Waals surface area contributed by atoms with Crippen molar-refractivity contribution >= 4 is 17.2 Å². The molecule has 4 rings (SSSR count). The molecular weight excluding hydrogens is 539 g/mol. The largest absolute Gasteiger partial charge is 0.488 e. The van der Waals surface area contributed by atoms with Gasteiger partial charge in [-0.25, -0.2) is 4.39 Å². The molecule has 1 saturated carbocycles. The lowest BCUT2D eigenvalue weighted by Gasteiger charge is -2.32. The third-order valence-corrected chi connectivity index (χ3v) is 8.43.